The van der Waals surface area contributed by atoms with Gasteiger partial charge in [0.2, 0.25) is 5.91 Å². The summed E-state index contributed by atoms with van der Waals surface area (Å²) in [6, 6.07) is 6.46. The van der Waals surface area contributed by atoms with E-state index in [0.29, 0.717) is 22.3 Å². The summed E-state index contributed by atoms with van der Waals surface area (Å²) in [4.78, 5) is 11.1. The molecular weight excluding hydrogens is 208 g/mol. The Kier molecular flexibility index (Phi) is 3.88. The van der Waals surface area contributed by atoms with Crippen LogP contribution in [0.1, 0.15) is 6.92 Å². The zero-order valence-corrected chi connectivity index (χ0v) is 8.28. The number of nitrogens with one attached hydrogen (secondary N) is 1. The zero-order chi connectivity index (χ0) is 10.6. The van der Waals surface area contributed by atoms with Crippen molar-refractivity contribution in [2.75, 3.05) is 5.32 Å². The Labute approximate surface area is 84.7 Å². The number of para-hydroxylation sites is 1. The molecule has 0 aliphatic heterocycles. The van der Waals surface area contributed by atoms with Gasteiger partial charge in [0.05, 0.1) is 5.69 Å². The van der Waals surface area contributed by atoms with Crippen molar-refractivity contribution in [2.45, 2.75) is 17.6 Å². The Bertz CT molecular complexity index is 330. The normalized spacial score (nSPS) is 10.3. The SMILES string of the molecule is CC(=O)Nc1ccccc1SC(F)F. The molecule has 0 aromatic heterocycles. The molecule has 1 rings (SSSR count). The second kappa shape index (κ2) is 4.95. The molecule has 0 fully saturated rings. The van der Waals surface area contributed by atoms with Crippen molar-refractivity contribution in [3.8, 4) is 0 Å². The monoisotopic (exact) mass is 217 g/mol. The summed E-state index contributed by atoms with van der Waals surface area (Å²) in [6.07, 6.45) is 0. The van der Waals surface area contributed by atoms with Crippen LogP contribution in [0.15, 0.2) is 29.2 Å². The van der Waals surface area contributed by atoms with Crippen LogP contribution in [0.2, 0.25) is 0 Å². The molecule has 0 aliphatic carbocycles. The van der Waals surface area contributed by atoms with E-state index >= 15 is 0 Å². The van der Waals surface area contributed by atoms with Gasteiger partial charge in [-0.1, -0.05) is 23.9 Å². The Hall–Kier alpha value is -1.10. The molecule has 0 atom stereocenters. The van der Waals surface area contributed by atoms with Gasteiger partial charge < -0.3 is 5.32 Å². The van der Waals surface area contributed by atoms with Gasteiger partial charge in [-0.3, -0.25) is 4.79 Å². The number of amides is 1. The summed E-state index contributed by atoms with van der Waals surface area (Å²) in [6.45, 7) is 1.34. The smallest absolute Gasteiger partial charge is 0.288 e. The minimum atomic E-state index is -2.48. The van der Waals surface area contributed by atoms with E-state index in [0.717, 1.165) is 0 Å². The molecule has 0 saturated heterocycles. The van der Waals surface area contributed by atoms with Gasteiger partial charge >= 0.3 is 0 Å². The second-order valence-corrected chi connectivity index (χ2v) is 3.59. The van der Waals surface area contributed by atoms with Crippen LogP contribution in [0.5, 0.6) is 0 Å². The summed E-state index contributed by atoms with van der Waals surface area (Å²) in [7, 11) is 0. The van der Waals surface area contributed by atoms with E-state index in [1.807, 2.05) is 0 Å². The highest BCUT2D eigenvalue weighted by molar-refractivity contribution is 7.99. The van der Waals surface area contributed by atoms with Crippen molar-refractivity contribution in [2.24, 2.45) is 0 Å². The first-order valence-corrected chi connectivity index (χ1v) is 4.79. The first-order chi connectivity index (χ1) is 6.59. The van der Waals surface area contributed by atoms with Crippen LogP contribution < -0.4 is 5.32 Å². The first kappa shape index (κ1) is 11.0. The topological polar surface area (TPSA) is 29.1 Å². The fourth-order valence-electron chi connectivity index (χ4n) is 0.958. The number of carbonyl (C=O) groups excluding carboxylic acids is 1. The summed E-state index contributed by atoms with van der Waals surface area (Å²) in [5.41, 5.74) is 0.422. The molecular formula is C9H9F2NOS. The maximum atomic E-state index is 12.1. The molecule has 0 heterocycles. The summed E-state index contributed by atoms with van der Waals surface area (Å²) in [5.74, 6) is -2.75. The Morgan fingerprint density at radius 2 is 2.07 bits per heavy atom. The minimum absolute atomic E-state index is 0.271. The zero-order valence-electron chi connectivity index (χ0n) is 7.46. The average molecular weight is 217 g/mol. The largest absolute Gasteiger partial charge is 0.325 e. The number of halogens is 2. The fourth-order valence-corrected chi connectivity index (χ4v) is 1.55. The average Bonchev–Trinajstić information content (AvgIpc) is 2.06. The summed E-state index contributed by atoms with van der Waals surface area (Å²) >= 11 is 0.419. The highest BCUT2D eigenvalue weighted by atomic mass is 32.2. The fraction of sp³-hybridized carbons (Fsp3) is 0.222. The van der Waals surface area contributed by atoms with E-state index in [-0.39, 0.29) is 5.91 Å². The van der Waals surface area contributed by atoms with Crippen molar-refractivity contribution >= 4 is 23.4 Å². The van der Waals surface area contributed by atoms with Gasteiger partial charge in [-0.05, 0) is 12.1 Å². The number of hydrogen-bond donors (Lipinski definition) is 1. The van der Waals surface area contributed by atoms with Gasteiger partial charge in [0.25, 0.3) is 5.76 Å². The minimum Gasteiger partial charge on any atom is -0.325 e. The number of rotatable bonds is 3. The quantitative estimate of drug-likeness (QED) is 0.788. The molecule has 0 saturated carbocycles. The molecule has 1 amide bonds. The van der Waals surface area contributed by atoms with Gasteiger partial charge in [-0.2, -0.15) is 8.78 Å². The third-order valence-electron chi connectivity index (χ3n) is 1.41. The van der Waals surface area contributed by atoms with E-state index in [1.54, 1.807) is 24.3 Å². The van der Waals surface area contributed by atoms with Crippen LogP contribution >= 0.6 is 11.8 Å². The summed E-state index contributed by atoms with van der Waals surface area (Å²) in [5, 5.41) is 2.49. The van der Waals surface area contributed by atoms with Crippen LogP contribution in [0.3, 0.4) is 0 Å². The molecule has 1 aromatic rings. The van der Waals surface area contributed by atoms with Crippen LogP contribution in [-0.2, 0) is 4.79 Å². The maximum absolute atomic E-state index is 12.1. The Balaban J connectivity index is 2.85. The first-order valence-electron chi connectivity index (χ1n) is 3.91. The van der Waals surface area contributed by atoms with Crippen molar-refractivity contribution in [1.82, 2.24) is 0 Å². The van der Waals surface area contributed by atoms with E-state index in [4.69, 9.17) is 0 Å². The Morgan fingerprint density at radius 3 is 2.64 bits per heavy atom. The predicted octanol–water partition coefficient (Wildman–Crippen LogP) is 2.96. The third-order valence-corrected chi connectivity index (χ3v) is 2.20. The molecule has 14 heavy (non-hydrogen) atoms. The summed E-state index contributed by atoms with van der Waals surface area (Å²) < 4.78 is 24.2. The second-order valence-electron chi connectivity index (χ2n) is 2.56. The van der Waals surface area contributed by atoms with Gasteiger partial charge in [0.1, 0.15) is 0 Å². The standard InChI is InChI=1S/C9H9F2NOS/c1-6(13)12-7-4-2-3-5-8(7)14-9(10)11/h2-5,9H,1H3,(H,12,13). The number of alkyl halides is 2. The molecule has 1 aromatic carbocycles. The molecule has 0 unspecified atom stereocenters. The number of carbonyl (C=O) groups is 1. The number of hydrogen-bond acceptors (Lipinski definition) is 2. The van der Waals surface area contributed by atoms with E-state index in [9.17, 15) is 13.6 Å². The number of anilines is 1. The lowest BCUT2D eigenvalue weighted by molar-refractivity contribution is -0.114. The van der Waals surface area contributed by atoms with E-state index < -0.39 is 5.76 Å². The number of benzene rings is 1. The highest BCUT2D eigenvalue weighted by Gasteiger charge is 2.09. The molecule has 5 heteroatoms. The van der Waals surface area contributed by atoms with Crippen molar-refractivity contribution in [1.29, 1.82) is 0 Å². The maximum Gasteiger partial charge on any atom is 0.288 e. The van der Waals surface area contributed by atoms with Crippen molar-refractivity contribution in [3.05, 3.63) is 24.3 Å². The van der Waals surface area contributed by atoms with Crippen LogP contribution in [0.4, 0.5) is 14.5 Å². The van der Waals surface area contributed by atoms with Crippen LogP contribution in [0, 0.1) is 0 Å². The highest BCUT2D eigenvalue weighted by Crippen LogP contribution is 2.31. The lowest BCUT2D eigenvalue weighted by atomic mass is 10.3. The predicted molar refractivity (Wildman–Crippen MR) is 52.6 cm³/mol. The molecule has 0 bridgehead atoms. The van der Waals surface area contributed by atoms with E-state index in [1.165, 1.54) is 6.92 Å². The van der Waals surface area contributed by atoms with Crippen LogP contribution in [0.25, 0.3) is 0 Å². The molecule has 76 valence electrons. The van der Waals surface area contributed by atoms with Gasteiger partial charge in [0, 0.05) is 11.8 Å². The van der Waals surface area contributed by atoms with Gasteiger partial charge in [-0.15, -0.1) is 0 Å². The molecule has 1 N–H and O–H groups in total. The van der Waals surface area contributed by atoms with Crippen molar-refractivity contribution in [3.63, 3.8) is 0 Å². The van der Waals surface area contributed by atoms with Gasteiger partial charge in [-0.25, -0.2) is 0 Å². The van der Waals surface area contributed by atoms with E-state index in [2.05, 4.69) is 5.32 Å². The number of thioether (sulfide) groups is 1. The Morgan fingerprint density at radius 1 is 1.43 bits per heavy atom. The molecule has 0 spiro atoms. The van der Waals surface area contributed by atoms with Crippen molar-refractivity contribution < 1.29 is 13.6 Å². The molecule has 0 radical (unpaired) electrons. The molecule has 2 nitrogen and oxygen atoms in total. The molecule has 0 aliphatic rings. The lowest BCUT2D eigenvalue weighted by Gasteiger charge is -2.07. The van der Waals surface area contributed by atoms with Gasteiger partial charge in [0.15, 0.2) is 0 Å². The lowest BCUT2D eigenvalue weighted by Crippen LogP contribution is -2.06. The third kappa shape index (κ3) is 3.33. The van der Waals surface area contributed by atoms with Crippen LogP contribution in [-0.4, -0.2) is 11.7 Å².